The van der Waals surface area contributed by atoms with Crippen LogP contribution in [0.4, 0.5) is 5.69 Å². The Balaban J connectivity index is 2.00. The minimum atomic E-state index is -0.0191. The third-order valence-electron chi connectivity index (χ3n) is 3.02. The van der Waals surface area contributed by atoms with Crippen LogP contribution in [0.2, 0.25) is 0 Å². The van der Waals surface area contributed by atoms with Crippen molar-refractivity contribution in [2.45, 2.75) is 26.3 Å². The molecule has 1 amide bonds. The summed E-state index contributed by atoms with van der Waals surface area (Å²) in [6.07, 6.45) is 1.84. The first kappa shape index (κ1) is 14.5. The quantitative estimate of drug-likeness (QED) is 0.889. The van der Waals surface area contributed by atoms with Gasteiger partial charge in [-0.3, -0.25) is 9.78 Å². The van der Waals surface area contributed by atoms with Crippen molar-refractivity contribution >= 4 is 22.9 Å². The summed E-state index contributed by atoms with van der Waals surface area (Å²) in [5.74, 6) is 0.325. The van der Waals surface area contributed by atoms with Crippen molar-refractivity contribution in [3.8, 4) is 0 Å². The van der Waals surface area contributed by atoms with E-state index >= 15 is 0 Å². The molecule has 0 aliphatic carbocycles. The highest BCUT2D eigenvalue weighted by atomic mass is 32.1. The molecule has 2 aromatic heterocycles. The second-order valence-corrected chi connectivity index (χ2v) is 6.04. The number of carbonyl (C=O) groups excluding carboxylic acids is 1. The van der Waals surface area contributed by atoms with Crippen LogP contribution in [0.25, 0.3) is 0 Å². The maximum atomic E-state index is 12.1. The Morgan fingerprint density at radius 1 is 1.40 bits per heavy atom. The van der Waals surface area contributed by atoms with E-state index in [0.717, 1.165) is 5.69 Å². The van der Waals surface area contributed by atoms with Crippen LogP contribution < -0.4 is 11.1 Å². The van der Waals surface area contributed by atoms with Gasteiger partial charge in [0.05, 0.1) is 24.3 Å². The predicted molar refractivity (Wildman–Crippen MR) is 82.4 cm³/mol. The molecule has 1 unspecified atom stereocenters. The van der Waals surface area contributed by atoms with Crippen molar-refractivity contribution in [1.29, 1.82) is 0 Å². The zero-order valence-electron chi connectivity index (χ0n) is 11.7. The number of hydrogen-bond acceptors (Lipinski definition) is 4. The second kappa shape index (κ2) is 6.52. The minimum Gasteiger partial charge on any atom is -0.397 e. The van der Waals surface area contributed by atoms with Crippen LogP contribution in [-0.4, -0.2) is 10.9 Å². The molecule has 0 spiro atoms. The molecule has 3 N–H and O–H groups in total. The Morgan fingerprint density at radius 2 is 2.20 bits per heavy atom. The van der Waals surface area contributed by atoms with Crippen LogP contribution in [-0.2, 0) is 11.2 Å². The molecule has 5 heteroatoms. The van der Waals surface area contributed by atoms with E-state index in [4.69, 9.17) is 5.73 Å². The Bertz CT molecular complexity index is 549. The van der Waals surface area contributed by atoms with Gasteiger partial charge in [-0.1, -0.05) is 19.9 Å². The summed E-state index contributed by atoms with van der Waals surface area (Å²) in [7, 11) is 0. The first-order valence-corrected chi connectivity index (χ1v) is 7.47. The van der Waals surface area contributed by atoms with Gasteiger partial charge in [-0.25, -0.2) is 0 Å². The lowest BCUT2D eigenvalue weighted by Gasteiger charge is -2.21. The van der Waals surface area contributed by atoms with Crippen molar-refractivity contribution in [3.63, 3.8) is 0 Å². The van der Waals surface area contributed by atoms with Crippen molar-refractivity contribution in [2.24, 2.45) is 5.92 Å². The number of amides is 1. The van der Waals surface area contributed by atoms with Gasteiger partial charge < -0.3 is 11.1 Å². The molecular formula is C15H19N3OS. The van der Waals surface area contributed by atoms with Gasteiger partial charge >= 0.3 is 0 Å². The number of carbonyl (C=O) groups is 1. The number of thiophene rings is 1. The molecule has 1 atom stereocenters. The fourth-order valence-corrected chi connectivity index (χ4v) is 2.91. The fraction of sp³-hybridized carbons (Fsp3) is 0.333. The molecule has 0 aromatic carbocycles. The maximum Gasteiger partial charge on any atom is 0.226 e. The molecule has 2 aromatic rings. The van der Waals surface area contributed by atoms with Crippen LogP contribution in [0.1, 0.15) is 30.5 Å². The van der Waals surface area contributed by atoms with Gasteiger partial charge in [-0.15, -0.1) is 11.3 Å². The smallest absolute Gasteiger partial charge is 0.226 e. The van der Waals surface area contributed by atoms with E-state index in [9.17, 15) is 4.79 Å². The average Bonchev–Trinajstić information content (AvgIpc) is 2.92. The van der Waals surface area contributed by atoms with Gasteiger partial charge in [0, 0.05) is 10.6 Å². The van der Waals surface area contributed by atoms with E-state index in [1.54, 1.807) is 29.7 Å². The topological polar surface area (TPSA) is 68.0 Å². The SMILES string of the molecule is CC(C)C(NC(=O)Cc1ccc(N)cn1)c1cccs1. The third kappa shape index (κ3) is 3.81. The zero-order chi connectivity index (χ0) is 14.5. The Hall–Kier alpha value is -1.88. The second-order valence-electron chi connectivity index (χ2n) is 5.06. The van der Waals surface area contributed by atoms with E-state index in [2.05, 4.69) is 30.2 Å². The molecule has 0 radical (unpaired) electrons. The third-order valence-corrected chi connectivity index (χ3v) is 3.98. The molecule has 106 valence electrons. The summed E-state index contributed by atoms with van der Waals surface area (Å²) in [5, 5.41) is 5.11. The van der Waals surface area contributed by atoms with E-state index in [1.807, 2.05) is 11.4 Å². The van der Waals surface area contributed by atoms with Crippen LogP contribution in [0.15, 0.2) is 35.8 Å². The number of anilines is 1. The van der Waals surface area contributed by atoms with Gasteiger partial charge in [0.2, 0.25) is 5.91 Å². The molecule has 4 nitrogen and oxygen atoms in total. The number of nitrogens with one attached hydrogen (secondary N) is 1. The lowest BCUT2D eigenvalue weighted by Crippen LogP contribution is -2.32. The van der Waals surface area contributed by atoms with Crippen LogP contribution >= 0.6 is 11.3 Å². The molecular weight excluding hydrogens is 270 g/mol. The number of nitrogens with two attached hydrogens (primary N) is 1. The summed E-state index contributed by atoms with van der Waals surface area (Å²) in [6.45, 7) is 4.21. The minimum absolute atomic E-state index is 0.0191. The standard InChI is InChI=1S/C15H19N3OS/c1-10(2)15(13-4-3-7-20-13)18-14(19)8-12-6-5-11(16)9-17-12/h3-7,9-10,15H,8,16H2,1-2H3,(H,18,19). The first-order chi connectivity index (χ1) is 9.56. The van der Waals surface area contributed by atoms with Crippen molar-refractivity contribution < 1.29 is 4.79 Å². The van der Waals surface area contributed by atoms with Crippen molar-refractivity contribution in [2.75, 3.05) is 5.73 Å². The van der Waals surface area contributed by atoms with Gasteiger partial charge in [-0.05, 0) is 29.5 Å². The van der Waals surface area contributed by atoms with E-state index < -0.39 is 0 Å². The number of hydrogen-bond donors (Lipinski definition) is 2. The first-order valence-electron chi connectivity index (χ1n) is 6.59. The molecule has 0 aliphatic heterocycles. The van der Waals surface area contributed by atoms with Gasteiger partial charge in [-0.2, -0.15) is 0 Å². The molecule has 0 saturated heterocycles. The summed E-state index contributed by atoms with van der Waals surface area (Å²) < 4.78 is 0. The fourth-order valence-electron chi connectivity index (χ4n) is 1.96. The van der Waals surface area contributed by atoms with Crippen LogP contribution in [0.3, 0.4) is 0 Å². The Morgan fingerprint density at radius 3 is 2.75 bits per heavy atom. The van der Waals surface area contributed by atoms with E-state index in [-0.39, 0.29) is 18.4 Å². The van der Waals surface area contributed by atoms with Gasteiger partial charge in [0.25, 0.3) is 0 Å². The molecule has 20 heavy (non-hydrogen) atoms. The van der Waals surface area contributed by atoms with E-state index in [1.165, 1.54) is 4.88 Å². The predicted octanol–water partition coefficient (Wildman–Crippen LogP) is 2.78. The molecule has 0 aliphatic rings. The molecule has 2 rings (SSSR count). The van der Waals surface area contributed by atoms with Gasteiger partial charge in [0.15, 0.2) is 0 Å². The summed E-state index contributed by atoms with van der Waals surface area (Å²) >= 11 is 1.66. The number of aromatic nitrogens is 1. The number of pyridine rings is 1. The maximum absolute atomic E-state index is 12.1. The monoisotopic (exact) mass is 289 g/mol. The number of nitrogens with zero attached hydrogens (tertiary/aromatic N) is 1. The molecule has 0 saturated carbocycles. The highest BCUT2D eigenvalue weighted by Gasteiger charge is 2.19. The number of rotatable bonds is 5. The normalized spacial score (nSPS) is 12.3. The summed E-state index contributed by atoms with van der Waals surface area (Å²) in [4.78, 5) is 17.5. The zero-order valence-corrected chi connectivity index (χ0v) is 12.5. The van der Waals surface area contributed by atoms with Crippen LogP contribution in [0, 0.1) is 5.92 Å². The molecule has 0 fully saturated rings. The Labute approximate surface area is 123 Å². The Kier molecular flexibility index (Phi) is 4.74. The average molecular weight is 289 g/mol. The van der Waals surface area contributed by atoms with Crippen LogP contribution in [0.5, 0.6) is 0 Å². The highest BCUT2D eigenvalue weighted by molar-refractivity contribution is 7.10. The van der Waals surface area contributed by atoms with Crippen molar-refractivity contribution in [1.82, 2.24) is 10.3 Å². The molecule has 2 heterocycles. The summed E-state index contributed by atoms with van der Waals surface area (Å²) in [5.41, 5.74) is 6.91. The highest BCUT2D eigenvalue weighted by Crippen LogP contribution is 2.25. The largest absolute Gasteiger partial charge is 0.397 e. The number of nitrogen functional groups attached to an aromatic ring is 1. The molecule has 0 bridgehead atoms. The van der Waals surface area contributed by atoms with E-state index in [0.29, 0.717) is 11.6 Å². The summed E-state index contributed by atoms with van der Waals surface area (Å²) in [6, 6.07) is 7.65. The lowest BCUT2D eigenvalue weighted by molar-refractivity contribution is -0.121. The lowest BCUT2D eigenvalue weighted by atomic mass is 10.0. The van der Waals surface area contributed by atoms with Crippen molar-refractivity contribution in [3.05, 3.63) is 46.4 Å². The van der Waals surface area contributed by atoms with Gasteiger partial charge in [0.1, 0.15) is 0 Å².